The molecule has 2 rings (SSSR count). The Kier molecular flexibility index (Phi) is 3.71. The zero-order valence-corrected chi connectivity index (χ0v) is 10.4. The predicted molar refractivity (Wildman–Crippen MR) is 64.9 cm³/mol. The van der Waals surface area contributed by atoms with E-state index < -0.39 is 23.7 Å². The van der Waals surface area contributed by atoms with E-state index in [0.717, 1.165) is 0 Å². The number of hydrogen-bond donors (Lipinski definition) is 1. The molecule has 6 heteroatoms. The maximum atomic E-state index is 12.8. The number of amides is 2. The van der Waals surface area contributed by atoms with Gasteiger partial charge in [-0.25, -0.2) is 4.39 Å². The van der Waals surface area contributed by atoms with Gasteiger partial charge in [0.15, 0.2) is 5.78 Å². The smallest absolute Gasteiger partial charge is 0.240 e. The Morgan fingerprint density at radius 1 is 1.21 bits per heavy atom. The van der Waals surface area contributed by atoms with Crippen LogP contribution in [-0.4, -0.2) is 41.6 Å². The topological polar surface area (TPSA) is 66.5 Å². The normalized spacial score (nSPS) is 18.0. The molecule has 0 saturated carbocycles. The highest BCUT2D eigenvalue weighted by molar-refractivity contribution is 6.03. The third-order valence-electron chi connectivity index (χ3n) is 3.03. The highest BCUT2D eigenvalue weighted by Gasteiger charge is 2.30. The van der Waals surface area contributed by atoms with Crippen molar-refractivity contribution in [2.75, 3.05) is 13.1 Å². The molecule has 2 amide bonds. The number of piperazine rings is 1. The first-order chi connectivity index (χ1) is 8.97. The monoisotopic (exact) mass is 264 g/mol. The van der Waals surface area contributed by atoms with Crippen molar-refractivity contribution in [1.82, 2.24) is 10.2 Å². The van der Waals surface area contributed by atoms with Crippen LogP contribution in [0.15, 0.2) is 24.3 Å². The van der Waals surface area contributed by atoms with Gasteiger partial charge in [-0.05, 0) is 31.2 Å². The second-order valence-electron chi connectivity index (χ2n) is 4.42. The quantitative estimate of drug-likeness (QED) is 0.632. The standard InChI is InChI=1S/C13H13FN2O3/c1-8(16-6-11(17)15-12(18)7-16)13(19)9-2-4-10(14)5-3-9/h2-5,8H,6-7H2,1H3,(H,15,17,18). The Hall–Kier alpha value is -2.08. The van der Waals surface area contributed by atoms with Gasteiger partial charge in [-0.3, -0.25) is 24.6 Å². The molecule has 0 aliphatic carbocycles. The summed E-state index contributed by atoms with van der Waals surface area (Å²) in [6.45, 7) is 1.62. The van der Waals surface area contributed by atoms with Gasteiger partial charge in [0.05, 0.1) is 19.1 Å². The lowest BCUT2D eigenvalue weighted by Gasteiger charge is -2.29. The van der Waals surface area contributed by atoms with Gasteiger partial charge in [-0.1, -0.05) is 0 Å². The van der Waals surface area contributed by atoms with E-state index in [0.29, 0.717) is 5.56 Å². The molecule has 1 fully saturated rings. The molecule has 19 heavy (non-hydrogen) atoms. The van der Waals surface area contributed by atoms with Gasteiger partial charge in [0, 0.05) is 5.56 Å². The van der Waals surface area contributed by atoms with E-state index in [-0.39, 0.29) is 18.9 Å². The van der Waals surface area contributed by atoms with Crippen LogP contribution in [-0.2, 0) is 9.59 Å². The lowest BCUT2D eigenvalue weighted by atomic mass is 10.0. The number of carbonyl (C=O) groups excluding carboxylic acids is 3. The van der Waals surface area contributed by atoms with Crippen molar-refractivity contribution < 1.29 is 18.8 Å². The van der Waals surface area contributed by atoms with Crippen LogP contribution in [0.1, 0.15) is 17.3 Å². The van der Waals surface area contributed by atoms with Gasteiger partial charge in [0.2, 0.25) is 11.8 Å². The first-order valence-corrected chi connectivity index (χ1v) is 5.84. The lowest BCUT2D eigenvalue weighted by molar-refractivity contribution is -0.136. The van der Waals surface area contributed by atoms with Crippen molar-refractivity contribution in [2.24, 2.45) is 0 Å². The largest absolute Gasteiger partial charge is 0.294 e. The van der Waals surface area contributed by atoms with Crippen molar-refractivity contribution in [2.45, 2.75) is 13.0 Å². The predicted octanol–water partition coefficient (Wildman–Crippen LogP) is 0.355. The number of benzene rings is 1. The van der Waals surface area contributed by atoms with Crippen LogP contribution in [0.3, 0.4) is 0 Å². The highest BCUT2D eigenvalue weighted by atomic mass is 19.1. The molecule has 1 atom stereocenters. The Bertz CT molecular complexity index is 511. The number of rotatable bonds is 3. The van der Waals surface area contributed by atoms with Crippen molar-refractivity contribution in [3.05, 3.63) is 35.6 Å². The molecule has 1 saturated heterocycles. The summed E-state index contributed by atoms with van der Waals surface area (Å²) in [5, 5.41) is 2.17. The van der Waals surface area contributed by atoms with Crippen molar-refractivity contribution in [3.63, 3.8) is 0 Å². The van der Waals surface area contributed by atoms with Crippen molar-refractivity contribution in [3.8, 4) is 0 Å². The fourth-order valence-electron chi connectivity index (χ4n) is 1.95. The number of imide groups is 1. The van der Waals surface area contributed by atoms with E-state index in [1.807, 2.05) is 0 Å². The van der Waals surface area contributed by atoms with Gasteiger partial charge in [0.1, 0.15) is 5.82 Å². The molecular weight excluding hydrogens is 251 g/mol. The van der Waals surface area contributed by atoms with E-state index in [1.54, 1.807) is 6.92 Å². The Labute approximate surface area is 109 Å². The van der Waals surface area contributed by atoms with Crippen LogP contribution in [0.2, 0.25) is 0 Å². The van der Waals surface area contributed by atoms with Gasteiger partial charge < -0.3 is 0 Å². The third-order valence-corrected chi connectivity index (χ3v) is 3.03. The van der Waals surface area contributed by atoms with Crippen LogP contribution in [0.5, 0.6) is 0 Å². The molecule has 1 N–H and O–H groups in total. The van der Waals surface area contributed by atoms with Crippen LogP contribution in [0.25, 0.3) is 0 Å². The van der Waals surface area contributed by atoms with Crippen LogP contribution >= 0.6 is 0 Å². The Morgan fingerprint density at radius 3 is 2.26 bits per heavy atom. The zero-order chi connectivity index (χ0) is 14.0. The molecule has 1 aromatic carbocycles. The minimum atomic E-state index is -0.611. The number of halogens is 1. The number of carbonyl (C=O) groups is 3. The number of nitrogens with zero attached hydrogens (tertiary/aromatic N) is 1. The van der Waals surface area contributed by atoms with E-state index in [4.69, 9.17) is 0 Å². The maximum Gasteiger partial charge on any atom is 0.240 e. The molecular formula is C13H13FN2O3. The molecule has 0 radical (unpaired) electrons. The summed E-state index contributed by atoms with van der Waals surface area (Å²) in [6, 6.07) is 4.57. The minimum Gasteiger partial charge on any atom is -0.294 e. The summed E-state index contributed by atoms with van der Waals surface area (Å²) in [5.74, 6) is -1.51. The summed E-state index contributed by atoms with van der Waals surface area (Å²) in [4.78, 5) is 36.2. The first kappa shape index (κ1) is 13.4. The molecule has 0 spiro atoms. The number of ketones is 1. The summed E-state index contributed by atoms with van der Waals surface area (Å²) < 4.78 is 12.8. The average Bonchev–Trinajstić information content (AvgIpc) is 2.37. The van der Waals surface area contributed by atoms with E-state index in [9.17, 15) is 18.8 Å². The maximum absolute atomic E-state index is 12.8. The van der Waals surface area contributed by atoms with Crippen LogP contribution in [0.4, 0.5) is 4.39 Å². The molecule has 1 aliphatic heterocycles. The lowest BCUT2D eigenvalue weighted by Crippen LogP contribution is -2.55. The number of Topliss-reactive ketones (excluding diaryl/α,β-unsaturated/α-hetero) is 1. The fraction of sp³-hybridized carbons (Fsp3) is 0.308. The van der Waals surface area contributed by atoms with Gasteiger partial charge >= 0.3 is 0 Å². The summed E-state index contributed by atoms with van der Waals surface area (Å²) in [5.41, 5.74) is 0.354. The Balaban J connectivity index is 2.12. The Morgan fingerprint density at radius 2 is 1.74 bits per heavy atom. The van der Waals surface area contributed by atoms with Crippen LogP contribution in [0, 0.1) is 5.82 Å². The average molecular weight is 264 g/mol. The SMILES string of the molecule is CC(C(=O)c1ccc(F)cc1)N1CC(=O)NC(=O)C1. The molecule has 100 valence electrons. The van der Waals surface area contributed by atoms with Crippen LogP contribution < -0.4 is 5.32 Å². The number of nitrogens with one attached hydrogen (secondary N) is 1. The second-order valence-corrected chi connectivity index (χ2v) is 4.42. The summed E-state index contributed by atoms with van der Waals surface area (Å²) in [7, 11) is 0. The molecule has 0 aromatic heterocycles. The van der Waals surface area contributed by atoms with E-state index in [2.05, 4.69) is 5.32 Å². The highest BCUT2D eigenvalue weighted by Crippen LogP contribution is 2.11. The van der Waals surface area contributed by atoms with Crippen molar-refractivity contribution in [1.29, 1.82) is 0 Å². The molecule has 1 unspecified atom stereocenters. The summed E-state index contributed by atoms with van der Waals surface area (Å²) >= 11 is 0. The van der Waals surface area contributed by atoms with Crippen molar-refractivity contribution >= 4 is 17.6 Å². The molecule has 5 nitrogen and oxygen atoms in total. The van der Waals surface area contributed by atoms with E-state index in [1.165, 1.54) is 29.2 Å². The zero-order valence-electron chi connectivity index (χ0n) is 10.4. The second kappa shape index (κ2) is 5.27. The molecule has 1 aromatic rings. The number of hydrogen-bond acceptors (Lipinski definition) is 4. The first-order valence-electron chi connectivity index (χ1n) is 5.84. The van der Waals surface area contributed by atoms with Gasteiger partial charge in [-0.2, -0.15) is 0 Å². The third kappa shape index (κ3) is 3.03. The van der Waals surface area contributed by atoms with E-state index >= 15 is 0 Å². The fourth-order valence-corrected chi connectivity index (χ4v) is 1.95. The summed E-state index contributed by atoms with van der Waals surface area (Å²) in [6.07, 6.45) is 0. The minimum absolute atomic E-state index is 0.000157. The van der Waals surface area contributed by atoms with Gasteiger partial charge in [0.25, 0.3) is 0 Å². The molecule has 1 aliphatic rings. The van der Waals surface area contributed by atoms with Gasteiger partial charge in [-0.15, -0.1) is 0 Å². The molecule has 1 heterocycles. The molecule has 0 bridgehead atoms.